The average molecular weight is 262 g/mol. The number of aromatic nitrogens is 2. The Morgan fingerprint density at radius 3 is 3.00 bits per heavy atom. The molecule has 0 saturated heterocycles. The topological polar surface area (TPSA) is 85.5 Å². The van der Waals surface area contributed by atoms with Gasteiger partial charge in [0.15, 0.2) is 0 Å². The molecular weight excluding hydrogens is 248 g/mol. The van der Waals surface area contributed by atoms with Gasteiger partial charge in [-0.2, -0.15) is 0 Å². The van der Waals surface area contributed by atoms with Crippen LogP contribution in [0.1, 0.15) is 23.2 Å². The highest BCUT2D eigenvalue weighted by Crippen LogP contribution is 2.19. The van der Waals surface area contributed by atoms with Crippen LogP contribution in [0.3, 0.4) is 0 Å². The standard InChI is InChI=1S/C13H14N2O4/c1-2-18-7-6-11-14-15-12(19-11)9-4-3-5-10(8-9)13(16)17/h3-5,8H,2,6-7H2,1H3,(H,16,17). The minimum absolute atomic E-state index is 0.187. The zero-order chi connectivity index (χ0) is 13.7. The number of benzene rings is 1. The van der Waals surface area contributed by atoms with Gasteiger partial charge in [0.05, 0.1) is 12.2 Å². The van der Waals surface area contributed by atoms with E-state index in [9.17, 15) is 4.79 Å². The van der Waals surface area contributed by atoms with Crippen molar-refractivity contribution in [3.63, 3.8) is 0 Å². The van der Waals surface area contributed by atoms with Gasteiger partial charge in [-0.3, -0.25) is 0 Å². The molecule has 0 fully saturated rings. The van der Waals surface area contributed by atoms with E-state index in [1.807, 2.05) is 6.92 Å². The van der Waals surface area contributed by atoms with Crippen LogP contribution in [0.25, 0.3) is 11.5 Å². The molecule has 1 aromatic carbocycles. The molecule has 0 unspecified atom stereocenters. The van der Waals surface area contributed by atoms with Crippen molar-refractivity contribution in [1.29, 1.82) is 0 Å². The maximum Gasteiger partial charge on any atom is 0.335 e. The van der Waals surface area contributed by atoms with Crippen LogP contribution in [-0.4, -0.2) is 34.5 Å². The first kappa shape index (κ1) is 13.2. The molecule has 0 amide bonds. The molecule has 6 heteroatoms. The normalized spacial score (nSPS) is 10.6. The molecule has 2 aromatic rings. The lowest BCUT2D eigenvalue weighted by atomic mass is 10.1. The van der Waals surface area contributed by atoms with E-state index in [2.05, 4.69) is 10.2 Å². The van der Waals surface area contributed by atoms with Crippen molar-refractivity contribution in [2.75, 3.05) is 13.2 Å². The Kier molecular flexibility index (Phi) is 4.25. The van der Waals surface area contributed by atoms with E-state index in [1.54, 1.807) is 12.1 Å². The number of ether oxygens (including phenoxy) is 1. The fourth-order valence-corrected chi connectivity index (χ4v) is 1.56. The highest BCUT2D eigenvalue weighted by Gasteiger charge is 2.10. The van der Waals surface area contributed by atoms with E-state index in [1.165, 1.54) is 12.1 Å². The zero-order valence-electron chi connectivity index (χ0n) is 10.5. The fraction of sp³-hybridized carbons (Fsp3) is 0.308. The van der Waals surface area contributed by atoms with E-state index in [-0.39, 0.29) is 5.56 Å². The van der Waals surface area contributed by atoms with E-state index in [4.69, 9.17) is 14.3 Å². The Morgan fingerprint density at radius 1 is 1.42 bits per heavy atom. The molecule has 1 aromatic heterocycles. The van der Waals surface area contributed by atoms with Crippen molar-refractivity contribution < 1.29 is 19.1 Å². The Hall–Kier alpha value is -2.21. The molecule has 0 spiro atoms. The van der Waals surface area contributed by atoms with Crippen LogP contribution < -0.4 is 0 Å². The van der Waals surface area contributed by atoms with Crippen LogP contribution in [0.15, 0.2) is 28.7 Å². The third-order valence-corrected chi connectivity index (χ3v) is 2.49. The monoisotopic (exact) mass is 262 g/mol. The summed E-state index contributed by atoms with van der Waals surface area (Å²) in [6.45, 7) is 3.07. The van der Waals surface area contributed by atoms with Crippen LogP contribution in [0.2, 0.25) is 0 Å². The number of carboxylic acids is 1. The molecule has 1 heterocycles. The minimum atomic E-state index is -0.988. The first-order valence-corrected chi connectivity index (χ1v) is 5.94. The highest BCUT2D eigenvalue weighted by atomic mass is 16.5. The van der Waals surface area contributed by atoms with Gasteiger partial charge in [0, 0.05) is 18.6 Å². The van der Waals surface area contributed by atoms with Gasteiger partial charge in [0.25, 0.3) is 0 Å². The fourth-order valence-electron chi connectivity index (χ4n) is 1.56. The first-order chi connectivity index (χ1) is 9.20. The summed E-state index contributed by atoms with van der Waals surface area (Å²) >= 11 is 0. The summed E-state index contributed by atoms with van der Waals surface area (Å²) in [4.78, 5) is 10.9. The molecule has 1 N–H and O–H groups in total. The van der Waals surface area contributed by atoms with Crippen LogP contribution in [0, 0.1) is 0 Å². The van der Waals surface area contributed by atoms with Crippen molar-refractivity contribution in [3.8, 4) is 11.5 Å². The van der Waals surface area contributed by atoms with E-state index in [0.717, 1.165) is 0 Å². The summed E-state index contributed by atoms with van der Waals surface area (Å²) in [6, 6.07) is 6.38. The molecule has 0 aliphatic carbocycles. The second-order valence-electron chi connectivity index (χ2n) is 3.83. The third kappa shape index (κ3) is 3.38. The predicted molar refractivity (Wildman–Crippen MR) is 66.9 cm³/mol. The van der Waals surface area contributed by atoms with Crippen LogP contribution in [0.5, 0.6) is 0 Å². The van der Waals surface area contributed by atoms with Gasteiger partial charge in [-0.05, 0) is 25.1 Å². The number of hydrogen-bond donors (Lipinski definition) is 1. The molecule has 0 aliphatic heterocycles. The molecule has 19 heavy (non-hydrogen) atoms. The Balaban J connectivity index is 2.13. The summed E-state index contributed by atoms with van der Waals surface area (Å²) in [7, 11) is 0. The third-order valence-electron chi connectivity index (χ3n) is 2.49. The van der Waals surface area contributed by atoms with E-state index in [0.29, 0.717) is 37.0 Å². The van der Waals surface area contributed by atoms with Crippen LogP contribution in [0.4, 0.5) is 0 Å². The van der Waals surface area contributed by atoms with E-state index < -0.39 is 5.97 Å². The second kappa shape index (κ2) is 6.10. The van der Waals surface area contributed by atoms with Gasteiger partial charge in [0.2, 0.25) is 11.8 Å². The Bertz CT molecular complexity index is 565. The molecule has 100 valence electrons. The lowest BCUT2D eigenvalue weighted by Crippen LogP contribution is -1.97. The van der Waals surface area contributed by atoms with Crippen LogP contribution >= 0.6 is 0 Å². The molecule has 0 atom stereocenters. The number of aromatic carboxylic acids is 1. The van der Waals surface area contributed by atoms with Crippen LogP contribution in [-0.2, 0) is 11.2 Å². The largest absolute Gasteiger partial charge is 0.478 e. The van der Waals surface area contributed by atoms with Crippen molar-refractivity contribution in [2.45, 2.75) is 13.3 Å². The SMILES string of the molecule is CCOCCc1nnc(-c2cccc(C(=O)O)c2)o1. The number of rotatable bonds is 6. The van der Waals surface area contributed by atoms with Crippen molar-refractivity contribution in [2.24, 2.45) is 0 Å². The number of carboxylic acid groups (broad SMARTS) is 1. The summed E-state index contributed by atoms with van der Waals surface area (Å²) in [5.74, 6) is -0.197. The first-order valence-electron chi connectivity index (χ1n) is 5.94. The maximum atomic E-state index is 10.9. The molecule has 0 radical (unpaired) electrons. The average Bonchev–Trinajstić information content (AvgIpc) is 2.88. The smallest absolute Gasteiger partial charge is 0.335 e. The summed E-state index contributed by atoms with van der Waals surface area (Å²) in [6.07, 6.45) is 0.541. The van der Waals surface area contributed by atoms with Gasteiger partial charge in [-0.15, -0.1) is 10.2 Å². The molecule has 0 bridgehead atoms. The zero-order valence-corrected chi connectivity index (χ0v) is 10.5. The quantitative estimate of drug-likeness (QED) is 0.801. The Labute approximate surface area is 110 Å². The van der Waals surface area contributed by atoms with Crippen molar-refractivity contribution in [1.82, 2.24) is 10.2 Å². The second-order valence-corrected chi connectivity index (χ2v) is 3.83. The number of carbonyl (C=O) groups is 1. The Morgan fingerprint density at radius 2 is 2.26 bits per heavy atom. The highest BCUT2D eigenvalue weighted by molar-refractivity contribution is 5.88. The molecule has 0 saturated carbocycles. The summed E-state index contributed by atoms with van der Waals surface area (Å²) in [5, 5.41) is 16.7. The molecule has 6 nitrogen and oxygen atoms in total. The minimum Gasteiger partial charge on any atom is -0.478 e. The van der Waals surface area contributed by atoms with Gasteiger partial charge in [-0.1, -0.05) is 6.07 Å². The van der Waals surface area contributed by atoms with Crippen molar-refractivity contribution >= 4 is 5.97 Å². The summed E-state index contributed by atoms with van der Waals surface area (Å²) < 4.78 is 10.7. The van der Waals surface area contributed by atoms with Gasteiger partial charge >= 0.3 is 5.97 Å². The molecule has 0 aliphatic rings. The van der Waals surface area contributed by atoms with Gasteiger partial charge in [0.1, 0.15) is 0 Å². The lowest BCUT2D eigenvalue weighted by Gasteiger charge is -1.98. The number of nitrogens with zero attached hydrogens (tertiary/aromatic N) is 2. The predicted octanol–water partition coefficient (Wildman–Crippen LogP) is 2.01. The molecular formula is C13H14N2O4. The van der Waals surface area contributed by atoms with Crippen molar-refractivity contribution in [3.05, 3.63) is 35.7 Å². The maximum absolute atomic E-state index is 10.9. The van der Waals surface area contributed by atoms with Gasteiger partial charge < -0.3 is 14.3 Å². The summed E-state index contributed by atoms with van der Waals surface area (Å²) in [5.41, 5.74) is 0.779. The molecule has 2 rings (SSSR count). The number of hydrogen-bond acceptors (Lipinski definition) is 5. The van der Waals surface area contributed by atoms with Gasteiger partial charge in [-0.25, -0.2) is 4.79 Å². The lowest BCUT2D eigenvalue weighted by molar-refractivity contribution is 0.0697. The van der Waals surface area contributed by atoms with E-state index >= 15 is 0 Å².